The highest BCUT2D eigenvalue weighted by atomic mass is 32.1. The number of anilines is 2. The molecule has 2 aromatic rings. The van der Waals surface area contributed by atoms with Crippen molar-refractivity contribution < 1.29 is 14.3 Å². The summed E-state index contributed by atoms with van der Waals surface area (Å²) in [6.45, 7) is 9.49. The van der Waals surface area contributed by atoms with E-state index in [0.717, 1.165) is 24.5 Å². The maximum Gasteiger partial charge on any atom is 0.257 e. The maximum absolute atomic E-state index is 12.7. The summed E-state index contributed by atoms with van der Waals surface area (Å²) in [7, 11) is 0. The number of ether oxygens (including phenoxy) is 1. The van der Waals surface area contributed by atoms with Gasteiger partial charge < -0.3 is 19.9 Å². The Balaban J connectivity index is 1.61. The number of carbonyl (C=O) groups excluding carboxylic acids is 2. The SMILES string of the molecule is CCC(=O)N1CCN(c2ccccc2NC(=S)NC(=O)c2cccc(OCC(C)C)c2)CC1. The van der Waals surface area contributed by atoms with Gasteiger partial charge in [-0.3, -0.25) is 14.9 Å². The van der Waals surface area contributed by atoms with E-state index in [-0.39, 0.29) is 16.9 Å². The zero-order valence-corrected chi connectivity index (χ0v) is 20.3. The Morgan fingerprint density at radius 2 is 1.79 bits per heavy atom. The van der Waals surface area contributed by atoms with Crippen LogP contribution in [0, 0.1) is 5.92 Å². The van der Waals surface area contributed by atoms with E-state index in [4.69, 9.17) is 17.0 Å². The van der Waals surface area contributed by atoms with E-state index in [1.807, 2.05) is 42.2 Å². The number of hydrogen-bond acceptors (Lipinski definition) is 5. The molecule has 0 unspecified atom stereocenters. The third-order valence-corrected chi connectivity index (χ3v) is 5.54. The van der Waals surface area contributed by atoms with Crippen LogP contribution in [0.4, 0.5) is 11.4 Å². The first-order chi connectivity index (χ1) is 15.9. The summed E-state index contributed by atoms with van der Waals surface area (Å²) in [5.41, 5.74) is 2.28. The van der Waals surface area contributed by atoms with Gasteiger partial charge in [-0.25, -0.2) is 0 Å². The standard InChI is InChI=1S/C25H32N4O3S/c1-4-23(30)29-14-12-28(13-15-29)22-11-6-5-10-21(22)26-25(33)27-24(31)19-8-7-9-20(16-19)32-17-18(2)3/h5-11,16,18H,4,12-15,17H2,1-3H3,(H2,26,27,31,33). The number of amides is 2. The van der Waals surface area contributed by atoms with Crippen molar-refractivity contribution in [3.8, 4) is 5.75 Å². The molecule has 0 radical (unpaired) electrons. The van der Waals surface area contributed by atoms with Crippen LogP contribution in [0.25, 0.3) is 0 Å². The zero-order valence-electron chi connectivity index (χ0n) is 19.5. The molecular weight excluding hydrogens is 436 g/mol. The summed E-state index contributed by atoms with van der Waals surface area (Å²) in [6, 6.07) is 14.9. The Labute approximate surface area is 201 Å². The molecule has 176 valence electrons. The van der Waals surface area contributed by atoms with E-state index in [1.165, 1.54) is 0 Å². The predicted octanol–water partition coefficient (Wildman–Crippen LogP) is 3.91. The van der Waals surface area contributed by atoms with E-state index in [2.05, 4.69) is 29.4 Å². The fraction of sp³-hybridized carbons (Fsp3) is 0.400. The number of thiocarbonyl (C=S) groups is 1. The van der Waals surface area contributed by atoms with E-state index in [0.29, 0.717) is 43.3 Å². The van der Waals surface area contributed by atoms with Crippen LogP contribution in [0.3, 0.4) is 0 Å². The highest BCUT2D eigenvalue weighted by molar-refractivity contribution is 7.80. The molecule has 2 aromatic carbocycles. The van der Waals surface area contributed by atoms with Gasteiger partial charge in [0.15, 0.2) is 5.11 Å². The quantitative estimate of drug-likeness (QED) is 0.601. The highest BCUT2D eigenvalue weighted by Gasteiger charge is 2.22. The summed E-state index contributed by atoms with van der Waals surface area (Å²) < 4.78 is 5.71. The minimum Gasteiger partial charge on any atom is -0.493 e. The molecule has 0 spiro atoms. The van der Waals surface area contributed by atoms with Crippen LogP contribution in [-0.4, -0.2) is 54.6 Å². The van der Waals surface area contributed by atoms with Crippen molar-refractivity contribution in [3.05, 3.63) is 54.1 Å². The first-order valence-corrected chi connectivity index (χ1v) is 11.7. The predicted molar refractivity (Wildman–Crippen MR) is 136 cm³/mol. The number of nitrogens with zero attached hydrogens (tertiary/aromatic N) is 2. The van der Waals surface area contributed by atoms with Gasteiger partial charge in [-0.2, -0.15) is 0 Å². The second-order valence-electron chi connectivity index (χ2n) is 8.38. The van der Waals surface area contributed by atoms with Gasteiger partial charge in [0.05, 0.1) is 18.0 Å². The van der Waals surface area contributed by atoms with Crippen LogP contribution >= 0.6 is 12.2 Å². The number of rotatable bonds is 7. The van der Waals surface area contributed by atoms with Gasteiger partial charge in [-0.05, 0) is 48.5 Å². The average Bonchev–Trinajstić information content (AvgIpc) is 2.83. The lowest BCUT2D eigenvalue weighted by atomic mass is 10.2. The molecule has 7 nitrogen and oxygen atoms in total. The van der Waals surface area contributed by atoms with Crippen molar-refractivity contribution in [2.75, 3.05) is 43.0 Å². The fourth-order valence-electron chi connectivity index (χ4n) is 3.59. The Morgan fingerprint density at radius 1 is 1.06 bits per heavy atom. The first-order valence-electron chi connectivity index (χ1n) is 11.3. The number of carbonyl (C=O) groups is 2. The minimum atomic E-state index is -0.299. The van der Waals surface area contributed by atoms with Crippen molar-refractivity contribution in [2.24, 2.45) is 5.92 Å². The van der Waals surface area contributed by atoms with Crippen LogP contribution < -0.4 is 20.3 Å². The van der Waals surface area contributed by atoms with E-state index < -0.39 is 0 Å². The van der Waals surface area contributed by atoms with Crippen LogP contribution in [0.1, 0.15) is 37.6 Å². The van der Waals surface area contributed by atoms with Crippen molar-refractivity contribution in [3.63, 3.8) is 0 Å². The average molecular weight is 469 g/mol. The Bertz CT molecular complexity index is 987. The zero-order chi connectivity index (χ0) is 23.8. The molecule has 1 saturated heterocycles. The van der Waals surface area contributed by atoms with Crippen LogP contribution in [0.15, 0.2) is 48.5 Å². The summed E-state index contributed by atoms with van der Waals surface area (Å²) in [5.74, 6) is 0.936. The monoisotopic (exact) mass is 468 g/mol. The number of benzene rings is 2. The number of hydrogen-bond donors (Lipinski definition) is 2. The van der Waals surface area contributed by atoms with Gasteiger partial charge in [-0.1, -0.05) is 39.0 Å². The summed E-state index contributed by atoms with van der Waals surface area (Å²) in [5, 5.41) is 6.13. The number of piperazine rings is 1. The molecular formula is C25H32N4O3S. The second-order valence-corrected chi connectivity index (χ2v) is 8.79. The lowest BCUT2D eigenvalue weighted by Gasteiger charge is -2.37. The number of para-hydroxylation sites is 2. The van der Waals surface area contributed by atoms with Gasteiger partial charge in [-0.15, -0.1) is 0 Å². The van der Waals surface area contributed by atoms with Gasteiger partial charge in [0, 0.05) is 38.2 Å². The molecule has 0 atom stereocenters. The lowest BCUT2D eigenvalue weighted by molar-refractivity contribution is -0.131. The van der Waals surface area contributed by atoms with Crippen molar-refractivity contribution in [1.29, 1.82) is 0 Å². The molecule has 1 heterocycles. The third kappa shape index (κ3) is 6.92. The van der Waals surface area contributed by atoms with E-state index in [9.17, 15) is 9.59 Å². The largest absolute Gasteiger partial charge is 0.493 e. The third-order valence-electron chi connectivity index (χ3n) is 5.33. The number of nitrogens with one attached hydrogen (secondary N) is 2. The summed E-state index contributed by atoms with van der Waals surface area (Å²) in [4.78, 5) is 28.8. The van der Waals surface area contributed by atoms with Gasteiger partial charge in [0.2, 0.25) is 5.91 Å². The molecule has 2 N–H and O–H groups in total. The summed E-state index contributed by atoms with van der Waals surface area (Å²) >= 11 is 5.41. The molecule has 2 amide bonds. The van der Waals surface area contributed by atoms with Gasteiger partial charge in [0.25, 0.3) is 5.91 Å². The minimum absolute atomic E-state index is 0.184. The Kier molecular flexibility index (Phi) is 8.65. The second kappa shape index (κ2) is 11.7. The molecule has 8 heteroatoms. The molecule has 1 aliphatic rings. The van der Waals surface area contributed by atoms with Gasteiger partial charge in [0.1, 0.15) is 5.75 Å². The van der Waals surface area contributed by atoms with Gasteiger partial charge >= 0.3 is 0 Å². The lowest BCUT2D eigenvalue weighted by Crippen LogP contribution is -2.48. The summed E-state index contributed by atoms with van der Waals surface area (Å²) in [6.07, 6.45) is 0.527. The van der Waals surface area contributed by atoms with E-state index >= 15 is 0 Å². The molecule has 33 heavy (non-hydrogen) atoms. The van der Waals surface area contributed by atoms with E-state index in [1.54, 1.807) is 18.2 Å². The van der Waals surface area contributed by atoms with Crippen LogP contribution in [0.5, 0.6) is 5.75 Å². The normalized spacial score (nSPS) is 13.6. The topological polar surface area (TPSA) is 73.9 Å². The molecule has 0 aromatic heterocycles. The van der Waals surface area contributed by atoms with Crippen molar-refractivity contribution >= 4 is 40.5 Å². The molecule has 0 saturated carbocycles. The maximum atomic E-state index is 12.7. The Morgan fingerprint density at radius 3 is 2.48 bits per heavy atom. The highest BCUT2D eigenvalue weighted by Crippen LogP contribution is 2.26. The fourth-order valence-corrected chi connectivity index (χ4v) is 3.80. The first kappa shape index (κ1) is 24.5. The van der Waals surface area contributed by atoms with Crippen LogP contribution in [0.2, 0.25) is 0 Å². The molecule has 1 aliphatic heterocycles. The molecule has 3 rings (SSSR count). The Hall–Kier alpha value is -3.13. The van der Waals surface area contributed by atoms with Crippen molar-refractivity contribution in [1.82, 2.24) is 10.2 Å². The molecule has 0 aliphatic carbocycles. The van der Waals surface area contributed by atoms with Crippen molar-refractivity contribution in [2.45, 2.75) is 27.2 Å². The molecule has 1 fully saturated rings. The molecule has 0 bridgehead atoms. The smallest absolute Gasteiger partial charge is 0.257 e. The van der Waals surface area contributed by atoms with Crippen LogP contribution in [-0.2, 0) is 4.79 Å².